The summed E-state index contributed by atoms with van der Waals surface area (Å²) in [6.45, 7) is 1.91. The van der Waals surface area contributed by atoms with E-state index in [2.05, 4.69) is 10.4 Å². The molecule has 28 heavy (non-hydrogen) atoms. The Bertz CT molecular complexity index is 976. The molecule has 1 saturated heterocycles. The van der Waals surface area contributed by atoms with Crippen molar-refractivity contribution in [2.24, 2.45) is 0 Å². The van der Waals surface area contributed by atoms with Gasteiger partial charge in [0.15, 0.2) is 0 Å². The lowest BCUT2D eigenvalue weighted by Crippen LogP contribution is -2.34. The molecular formula is C18H21FN3O5P. The normalized spacial score (nSPS) is 15.1. The summed E-state index contributed by atoms with van der Waals surface area (Å²) in [5.41, 5.74) is 1.28. The zero-order chi connectivity index (χ0) is 20.1. The van der Waals surface area contributed by atoms with Gasteiger partial charge in [0.05, 0.1) is 10.9 Å². The van der Waals surface area contributed by atoms with Crippen LogP contribution in [-0.2, 0) is 4.57 Å². The largest absolute Gasteiger partial charge is 0.473 e. The van der Waals surface area contributed by atoms with E-state index in [9.17, 15) is 4.39 Å². The van der Waals surface area contributed by atoms with Crippen molar-refractivity contribution in [2.75, 3.05) is 13.1 Å². The highest BCUT2D eigenvalue weighted by Gasteiger charge is 2.20. The first-order chi connectivity index (χ1) is 13.3. The van der Waals surface area contributed by atoms with Gasteiger partial charge in [-0.15, -0.1) is 5.10 Å². The first kappa shape index (κ1) is 20.4. The zero-order valence-electron chi connectivity index (χ0n) is 14.9. The van der Waals surface area contributed by atoms with Crippen LogP contribution in [0.3, 0.4) is 0 Å². The third-order valence-corrected chi connectivity index (χ3v) is 4.20. The van der Waals surface area contributed by atoms with Gasteiger partial charge < -0.3 is 24.7 Å². The monoisotopic (exact) mass is 409 g/mol. The molecule has 0 amide bonds. The summed E-state index contributed by atoms with van der Waals surface area (Å²) in [6.07, 6.45) is 2.07. The van der Waals surface area contributed by atoms with Crippen molar-refractivity contribution in [2.45, 2.75) is 18.9 Å². The fourth-order valence-corrected chi connectivity index (χ4v) is 3.00. The van der Waals surface area contributed by atoms with Gasteiger partial charge in [-0.25, -0.2) is 13.6 Å². The summed E-state index contributed by atoms with van der Waals surface area (Å²) in [5, 5.41) is 8.78. The van der Waals surface area contributed by atoms with E-state index in [0.29, 0.717) is 11.6 Å². The Labute approximate surface area is 160 Å². The van der Waals surface area contributed by atoms with Crippen molar-refractivity contribution >= 4 is 18.7 Å². The van der Waals surface area contributed by atoms with Crippen LogP contribution in [0.1, 0.15) is 12.8 Å². The second-order valence-electron chi connectivity index (χ2n) is 6.27. The second kappa shape index (κ2) is 8.81. The van der Waals surface area contributed by atoms with E-state index in [0.717, 1.165) is 36.8 Å². The average Bonchev–Trinajstić information content (AvgIpc) is 3.00. The first-order valence-electron chi connectivity index (χ1n) is 8.71. The van der Waals surface area contributed by atoms with Gasteiger partial charge in [-0.1, -0.05) is 24.3 Å². The molecule has 2 heterocycles. The van der Waals surface area contributed by atoms with Crippen LogP contribution in [-0.4, -0.2) is 43.7 Å². The Kier molecular flexibility index (Phi) is 6.43. The summed E-state index contributed by atoms with van der Waals surface area (Å²) in [4.78, 5) is 21.6. The molecule has 1 fully saturated rings. The van der Waals surface area contributed by atoms with Gasteiger partial charge >= 0.3 is 7.82 Å². The van der Waals surface area contributed by atoms with E-state index < -0.39 is 7.82 Å². The number of halogens is 1. The van der Waals surface area contributed by atoms with Crippen molar-refractivity contribution in [1.82, 2.24) is 15.1 Å². The van der Waals surface area contributed by atoms with Crippen molar-refractivity contribution in [3.05, 3.63) is 54.3 Å². The van der Waals surface area contributed by atoms with Crippen molar-refractivity contribution in [3.8, 4) is 11.6 Å². The highest BCUT2D eigenvalue weighted by molar-refractivity contribution is 7.45. The maximum Gasteiger partial charge on any atom is 0.466 e. The van der Waals surface area contributed by atoms with E-state index in [1.807, 2.05) is 30.3 Å². The average molecular weight is 409 g/mol. The standard InChI is InChI=1S/C18H18FN3O.H3O4P/c19-15-6-2-4-8-17(15)22-16-7-3-1-5-14(16)18(21-22)23-13-9-11-20-12-10-13;1-5(2,3)4/h1-8,13,20H,9-12H2;(H3,1,2,3,4). The number of aromatic nitrogens is 2. The third-order valence-electron chi connectivity index (χ3n) is 4.20. The molecule has 10 heteroatoms. The SMILES string of the molecule is Fc1ccccc1-n1nc(OC2CCNCC2)c2ccccc21.O=P(O)(O)O. The number of nitrogens with zero attached hydrogens (tertiary/aromatic N) is 2. The molecule has 0 bridgehead atoms. The number of para-hydroxylation sites is 2. The third kappa shape index (κ3) is 5.37. The Hall–Kier alpha value is -2.29. The van der Waals surface area contributed by atoms with Crippen molar-refractivity contribution in [1.29, 1.82) is 0 Å². The smallest absolute Gasteiger partial charge is 0.466 e. The van der Waals surface area contributed by atoms with Crippen LogP contribution in [0.25, 0.3) is 16.6 Å². The molecule has 3 aromatic rings. The fourth-order valence-electron chi connectivity index (χ4n) is 3.00. The van der Waals surface area contributed by atoms with Crippen LogP contribution in [0, 0.1) is 5.82 Å². The Balaban J connectivity index is 0.000000403. The minimum Gasteiger partial charge on any atom is -0.473 e. The number of phosphoric acid groups is 1. The summed E-state index contributed by atoms with van der Waals surface area (Å²) in [7, 11) is -4.64. The molecule has 0 spiro atoms. The van der Waals surface area contributed by atoms with Gasteiger partial charge in [0.2, 0.25) is 5.88 Å². The molecule has 4 rings (SSSR count). The van der Waals surface area contributed by atoms with E-state index >= 15 is 0 Å². The van der Waals surface area contributed by atoms with Gasteiger partial charge in [-0.05, 0) is 50.2 Å². The molecular weight excluding hydrogens is 388 g/mol. The number of hydrogen-bond acceptors (Lipinski definition) is 4. The summed E-state index contributed by atoms with van der Waals surface area (Å²) < 4.78 is 30.8. The minimum atomic E-state index is -4.64. The molecule has 0 aliphatic carbocycles. The highest BCUT2D eigenvalue weighted by Crippen LogP contribution is 2.29. The highest BCUT2D eigenvalue weighted by atomic mass is 31.2. The molecule has 0 unspecified atom stereocenters. The van der Waals surface area contributed by atoms with E-state index in [4.69, 9.17) is 24.0 Å². The zero-order valence-corrected chi connectivity index (χ0v) is 15.8. The predicted molar refractivity (Wildman–Crippen MR) is 102 cm³/mol. The quantitative estimate of drug-likeness (QED) is 0.491. The van der Waals surface area contributed by atoms with Crippen LogP contribution in [0.5, 0.6) is 5.88 Å². The number of ether oxygens (including phenoxy) is 1. The van der Waals surface area contributed by atoms with Crippen LogP contribution in [0.2, 0.25) is 0 Å². The molecule has 1 aromatic heterocycles. The Morgan fingerprint density at radius 3 is 2.36 bits per heavy atom. The van der Waals surface area contributed by atoms with Crippen LogP contribution >= 0.6 is 7.82 Å². The van der Waals surface area contributed by atoms with E-state index in [1.54, 1.807) is 16.8 Å². The van der Waals surface area contributed by atoms with E-state index in [-0.39, 0.29) is 11.9 Å². The fraction of sp³-hybridized carbons (Fsp3) is 0.278. The lowest BCUT2D eigenvalue weighted by molar-refractivity contribution is 0.157. The number of piperidine rings is 1. The molecule has 4 N–H and O–H groups in total. The maximum atomic E-state index is 14.2. The van der Waals surface area contributed by atoms with Crippen LogP contribution in [0.4, 0.5) is 4.39 Å². The molecule has 1 aliphatic heterocycles. The number of rotatable bonds is 3. The maximum absolute atomic E-state index is 14.2. The lowest BCUT2D eigenvalue weighted by Gasteiger charge is -2.22. The molecule has 0 atom stereocenters. The number of fused-ring (bicyclic) bond motifs is 1. The summed E-state index contributed by atoms with van der Waals surface area (Å²) >= 11 is 0. The van der Waals surface area contributed by atoms with Crippen LogP contribution < -0.4 is 10.1 Å². The minimum absolute atomic E-state index is 0.156. The lowest BCUT2D eigenvalue weighted by atomic mass is 10.1. The molecule has 2 aromatic carbocycles. The predicted octanol–water partition coefficient (Wildman–Crippen LogP) is 2.37. The van der Waals surface area contributed by atoms with Gasteiger partial charge in [-0.2, -0.15) is 0 Å². The Morgan fingerprint density at radius 1 is 1.07 bits per heavy atom. The number of benzene rings is 2. The summed E-state index contributed by atoms with van der Waals surface area (Å²) in [6, 6.07) is 14.4. The van der Waals surface area contributed by atoms with Gasteiger partial charge in [0.25, 0.3) is 0 Å². The second-order valence-corrected chi connectivity index (χ2v) is 7.29. The summed E-state index contributed by atoms with van der Waals surface area (Å²) in [5.74, 6) is 0.282. The van der Waals surface area contributed by atoms with Crippen molar-refractivity contribution in [3.63, 3.8) is 0 Å². The Morgan fingerprint density at radius 2 is 1.68 bits per heavy atom. The molecule has 1 aliphatic rings. The molecule has 0 radical (unpaired) electrons. The van der Waals surface area contributed by atoms with Gasteiger partial charge in [0, 0.05) is 0 Å². The number of nitrogens with one attached hydrogen (secondary N) is 1. The molecule has 0 saturated carbocycles. The van der Waals surface area contributed by atoms with Crippen LogP contribution in [0.15, 0.2) is 48.5 Å². The van der Waals surface area contributed by atoms with E-state index in [1.165, 1.54) is 6.07 Å². The first-order valence-corrected chi connectivity index (χ1v) is 10.3. The van der Waals surface area contributed by atoms with Crippen molar-refractivity contribution < 1.29 is 28.4 Å². The van der Waals surface area contributed by atoms with Gasteiger partial charge in [0.1, 0.15) is 17.6 Å². The molecule has 8 nitrogen and oxygen atoms in total. The number of hydrogen-bond donors (Lipinski definition) is 4. The molecule has 150 valence electrons. The topological polar surface area (TPSA) is 117 Å². The van der Waals surface area contributed by atoms with Gasteiger partial charge in [-0.3, -0.25) is 0 Å².